The molecule has 1 aliphatic carbocycles. The molecule has 2 N–H and O–H groups in total. The predicted molar refractivity (Wildman–Crippen MR) is 102 cm³/mol. The van der Waals surface area contributed by atoms with E-state index in [4.69, 9.17) is 4.74 Å². The van der Waals surface area contributed by atoms with Crippen molar-refractivity contribution in [1.29, 1.82) is 0 Å². The maximum Gasteiger partial charge on any atom is 0.322 e. The molecule has 3 rings (SSSR count). The number of ether oxygens (including phenoxy) is 1. The molecule has 144 valence electrons. The molecule has 0 radical (unpaired) electrons. The summed E-state index contributed by atoms with van der Waals surface area (Å²) in [5, 5.41) is 9.94. The van der Waals surface area contributed by atoms with E-state index in [1.807, 2.05) is 31.1 Å². The fraction of sp³-hybridized carbons (Fsp3) is 0.421. The van der Waals surface area contributed by atoms with E-state index in [1.165, 1.54) is 7.11 Å². The highest BCUT2D eigenvalue weighted by atomic mass is 16.5. The van der Waals surface area contributed by atoms with Crippen LogP contribution in [0, 0.1) is 6.92 Å². The Kier molecular flexibility index (Phi) is 5.75. The zero-order valence-electron chi connectivity index (χ0n) is 15.9. The molecule has 0 spiro atoms. The second-order valence-electron chi connectivity index (χ2n) is 6.77. The van der Waals surface area contributed by atoms with Gasteiger partial charge in [0, 0.05) is 43.3 Å². The van der Waals surface area contributed by atoms with Crippen LogP contribution < -0.4 is 10.6 Å². The zero-order chi connectivity index (χ0) is 19.4. The quantitative estimate of drug-likeness (QED) is 0.783. The number of nitrogens with one attached hydrogen (secondary N) is 2. The lowest BCUT2D eigenvalue weighted by molar-refractivity contribution is -0.119. The van der Waals surface area contributed by atoms with Crippen molar-refractivity contribution in [1.82, 2.24) is 14.7 Å². The Labute approximate surface area is 158 Å². The van der Waals surface area contributed by atoms with Gasteiger partial charge in [-0.25, -0.2) is 4.79 Å². The number of aryl methyl sites for hydroxylation is 1. The maximum absolute atomic E-state index is 12.9. The lowest BCUT2D eigenvalue weighted by Crippen LogP contribution is -2.36. The van der Waals surface area contributed by atoms with E-state index in [2.05, 4.69) is 15.7 Å². The maximum atomic E-state index is 12.9. The standard InChI is InChI=1S/C19H25N5O3/c1-13-16(21-18(25)12-27-3)5-4-6-17(13)22-19(26)24(15-7-8-15)11-14-9-20-23(2)10-14/h4-6,9-10,15H,7-8,11-12H2,1-3H3,(H,21,25)(H,22,26). The number of amides is 3. The third-order valence-electron chi connectivity index (χ3n) is 4.48. The van der Waals surface area contributed by atoms with E-state index >= 15 is 0 Å². The van der Waals surface area contributed by atoms with Gasteiger partial charge in [0.15, 0.2) is 0 Å². The number of benzene rings is 1. The number of carbonyl (C=O) groups is 2. The molecule has 1 aliphatic rings. The van der Waals surface area contributed by atoms with Crippen LogP contribution in [-0.2, 0) is 23.1 Å². The minimum absolute atomic E-state index is 0.0173. The number of hydrogen-bond donors (Lipinski definition) is 2. The Morgan fingerprint density at radius 3 is 2.59 bits per heavy atom. The van der Waals surface area contributed by atoms with Crippen molar-refractivity contribution in [3.63, 3.8) is 0 Å². The number of methoxy groups -OCH3 is 1. The van der Waals surface area contributed by atoms with Gasteiger partial charge in [0.25, 0.3) is 0 Å². The van der Waals surface area contributed by atoms with E-state index in [1.54, 1.807) is 23.0 Å². The molecule has 1 aromatic heterocycles. The van der Waals surface area contributed by atoms with Crippen LogP contribution in [0.3, 0.4) is 0 Å². The summed E-state index contributed by atoms with van der Waals surface area (Å²) in [7, 11) is 3.33. The van der Waals surface area contributed by atoms with Crippen LogP contribution in [0.1, 0.15) is 24.0 Å². The Morgan fingerprint density at radius 2 is 2.00 bits per heavy atom. The summed E-state index contributed by atoms with van der Waals surface area (Å²) in [5.74, 6) is -0.236. The molecule has 0 atom stereocenters. The van der Waals surface area contributed by atoms with Crippen LogP contribution in [-0.4, -0.2) is 46.4 Å². The summed E-state index contributed by atoms with van der Waals surface area (Å²) < 4.78 is 6.57. The largest absolute Gasteiger partial charge is 0.375 e. The van der Waals surface area contributed by atoms with E-state index in [-0.39, 0.29) is 24.6 Å². The highest BCUT2D eigenvalue weighted by Crippen LogP contribution is 2.30. The zero-order valence-corrected chi connectivity index (χ0v) is 15.9. The van der Waals surface area contributed by atoms with E-state index in [9.17, 15) is 9.59 Å². The van der Waals surface area contributed by atoms with Crippen molar-refractivity contribution < 1.29 is 14.3 Å². The predicted octanol–water partition coefficient (Wildman–Crippen LogP) is 2.51. The average molecular weight is 371 g/mol. The topological polar surface area (TPSA) is 88.5 Å². The number of anilines is 2. The summed E-state index contributed by atoms with van der Waals surface area (Å²) in [6.07, 6.45) is 5.72. The van der Waals surface area contributed by atoms with Gasteiger partial charge < -0.3 is 20.3 Å². The fourth-order valence-electron chi connectivity index (χ4n) is 2.91. The van der Waals surface area contributed by atoms with Crippen LogP contribution in [0.25, 0.3) is 0 Å². The average Bonchev–Trinajstić information content (AvgIpc) is 3.38. The van der Waals surface area contributed by atoms with Gasteiger partial charge in [-0.3, -0.25) is 9.48 Å². The number of hydrogen-bond acceptors (Lipinski definition) is 4. The summed E-state index contributed by atoms with van der Waals surface area (Å²) >= 11 is 0. The van der Waals surface area contributed by atoms with Crippen molar-refractivity contribution in [3.05, 3.63) is 41.7 Å². The molecule has 1 aromatic carbocycles. The minimum Gasteiger partial charge on any atom is -0.375 e. The Hall–Kier alpha value is -2.87. The van der Waals surface area contributed by atoms with E-state index < -0.39 is 0 Å². The first-order valence-electron chi connectivity index (χ1n) is 8.91. The highest BCUT2D eigenvalue weighted by molar-refractivity contribution is 5.95. The van der Waals surface area contributed by atoms with Crippen molar-refractivity contribution in [2.24, 2.45) is 7.05 Å². The first-order chi connectivity index (χ1) is 13.0. The Balaban J connectivity index is 1.71. The van der Waals surface area contributed by atoms with E-state index in [0.717, 1.165) is 24.0 Å². The van der Waals surface area contributed by atoms with Gasteiger partial charge >= 0.3 is 6.03 Å². The molecular weight excluding hydrogens is 346 g/mol. The third kappa shape index (κ3) is 4.85. The van der Waals surface area contributed by atoms with Crippen LogP contribution in [0.2, 0.25) is 0 Å². The van der Waals surface area contributed by atoms with Gasteiger partial charge in [-0.2, -0.15) is 5.10 Å². The molecule has 8 heteroatoms. The van der Waals surface area contributed by atoms with Crippen LogP contribution in [0.15, 0.2) is 30.6 Å². The lowest BCUT2D eigenvalue weighted by Gasteiger charge is -2.23. The van der Waals surface area contributed by atoms with Gasteiger partial charge in [-0.15, -0.1) is 0 Å². The normalized spacial score (nSPS) is 13.3. The van der Waals surface area contributed by atoms with Crippen LogP contribution in [0.4, 0.5) is 16.2 Å². The van der Waals surface area contributed by atoms with Crippen LogP contribution in [0.5, 0.6) is 0 Å². The monoisotopic (exact) mass is 371 g/mol. The van der Waals surface area contributed by atoms with Gasteiger partial charge in [0.1, 0.15) is 6.61 Å². The molecule has 2 aromatic rings. The number of aromatic nitrogens is 2. The number of rotatable bonds is 7. The second kappa shape index (κ2) is 8.22. The lowest BCUT2D eigenvalue weighted by atomic mass is 10.1. The summed E-state index contributed by atoms with van der Waals surface area (Å²) in [6, 6.07) is 5.54. The van der Waals surface area contributed by atoms with E-state index in [0.29, 0.717) is 17.9 Å². The molecule has 1 heterocycles. The minimum atomic E-state index is -0.236. The van der Waals surface area contributed by atoms with Gasteiger partial charge in [0.2, 0.25) is 5.91 Å². The molecule has 3 amide bonds. The highest BCUT2D eigenvalue weighted by Gasteiger charge is 2.33. The van der Waals surface area contributed by atoms with Crippen molar-refractivity contribution in [2.75, 3.05) is 24.4 Å². The second-order valence-corrected chi connectivity index (χ2v) is 6.77. The molecule has 8 nitrogen and oxygen atoms in total. The van der Waals surface area contributed by atoms with Crippen molar-refractivity contribution in [3.8, 4) is 0 Å². The van der Waals surface area contributed by atoms with Gasteiger partial charge in [0.05, 0.1) is 12.7 Å². The first kappa shape index (κ1) is 18.9. The van der Waals surface area contributed by atoms with Gasteiger partial charge in [-0.1, -0.05) is 6.07 Å². The molecule has 0 aliphatic heterocycles. The van der Waals surface area contributed by atoms with Crippen LogP contribution >= 0.6 is 0 Å². The van der Waals surface area contributed by atoms with Crippen molar-refractivity contribution in [2.45, 2.75) is 32.4 Å². The third-order valence-corrected chi connectivity index (χ3v) is 4.48. The summed E-state index contributed by atoms with van der Waals surface area (Å²) in [4.78, 5) is 26.5. The fourth-order valence-corrected chi connectivity index (χ4v) is 2.91. The summed E-state index contributed by atoms with van der Waals surface area (Å²) in [6.45, 7) is 2.37. The molecule has 0 saturated heterocycles. The number of urea groups is 1. The smallest absolute Gasteiger partial charge is 0.322 e. The molecule has 0 bridgehead atoms. The number of nitrogens with zero attached hydrogens (tertiary/aromatic N) is 3. The Bertz CT molecular complexity index is 829. The molecule has 1 saturated carbocycles. The number of carbonyl (C=O) groups excluding carboxylic acids is 2. The van der Waals surface area contributed by atoms with Gasteiger partial charge in [-0.05, 0) is 37.5 Å². The van der Waals surface area contributed by atoms with Crippen molar-refractivity contribution >= 4 is 23.3 Å². The molecule has 1 fully saturated rings. The summed E-state index contributed by atoms with van der Waals surface area (Å²) in [5.41, 5.74) is 3.12. The molecule has 0 unspecified atom stereocenters. The first-order valence-corrected chi connectivity index (χ1v) is 8.91. The molecular formula is C19H25N5O3. The Morgan fingerprint density at radius 1 is 1.30 bits per heavy atom. The molecule has 27 heavy (non-hydrogen) atoms. The SMILES string of the molecule is COCC(=O)Nc1cccc(NC(=O)N(Cc2cnn(C)c2)C2CC2)c1C.